The minimum Gasteiger partial charge on any atom is -0.454 e. The number of nitro groups is 1. The van der Waals surface area contributed by atoms with Crippen LogP contribution in [0, 0.1) is 10.1 Å². The average molecular weight is 463 g/mol. The Morgan fingerprint density at radius 1 is 1.06 bits per heavy atom. The molecule has 2 aliphatic heterocycles. The van der Waals surface area contributed by atoms with Gasteiger partial charge < -0.3 is 19.7 Å². The van der Waals surface area contributed by atoms with Crippen molar-refractivity contribution in [3.05, 3.63) is 76.1 Å². The van der Waals surface area contributed by atoms with E-state index in [9.17, 15) is 10.1 Å². The first-order chi connectivity index (χ1) is 16.6. The zero-order valence-electron chi connectivity index (χ0n) is 18.9. The average Bonchev–Trinajstić information content (AvgIpc) is 3.33. The van der Waals surface area contributed by atoms with Gasteiger partial charge in [-0.15, -0.1) is 0 Å². The van der Waals surface area contributed by atoms with Gasteiger partial charge in [0, 0.05) is 32.7 Å². The van der Waals surface area contributed by atoms with Gasteiger partial charge in [-0.2, -0.15) is 0 Å². The quantitative estimate of drug-likeness (QED) is 0.416. The Morgan fingerprint density at radius 2 is 1.82 bits per heavy atom. The number of nitrogens with zero attached hydrogens (tertiary/aromatic N) is 5. The summed E-state index contributed by atoms with van der Waals surface area (Å²) in [4.78, 5) is 24.4. The van der Waals surface area contributed by atoms with Crippen LogP contribution in [-0.4, -0.2) is 52.8 Å². The van der Waals surface area contributed by atoms with Crippen LogP contribution in [0.3, 0.4) is 0 Å². The molecule has 3 aromatic rings. The highest BCUT2D eigenvalue weighted by Gasteiger charge is 2.30. The highest BCUT2D eigenvalue weighted by Crippen LogP contribution is 2.35. The van der Waals surface area contributed by atoms with E-state index in [0.717, 1.165) is 42.3 Å². The molecule has 34 heavy (non-hydrogen) atoms. The molecule has 0 spiro atoms. The number of piperazine rings is 1. The summed E-state index contributed by atoms with van der Waals surface area (Å²) in [5.74, 6) is 2.13. The zero-order valence-corrected chi connectivity index (χ0v) is 18.9. The zero-order chi connectivity index (χ0) is 23.5. The Balaban J connectivity index is 1.27. The fraction of sp³-hybridized carbons (Fsp3) is 0.333. The number of ether oxygens (including phenoxy) is 2. The van der Waals surface area contributed by atoms with Gasteiger partial charge in [-0.3, -0.25) is 15.0 Å². The molecule has 10 heteroatoms. The van der Waals surface area contributed by atoms with Crippen LogP contribution in [0.15, 0.2) is 54.9 Å². The molecule has 3 heterocycles. The predicted octanol–water partition coefficient (Wildman–Crippen LogP) is 3.61. The topological polar surface area (TPSA) is 106 Å². The molecule has 0 bridgehead atoms. The lowest BCUT2D eigenvalue weighted by atomic mass is 10.1. The summed E-state index contributed by atoms with van der Waals surface area (Å²) in [6.45, 7) is 5.79. The first-order valence-electron chi connectivity index (χ1n) is 11.2. The second-order valence-electron chi connectivity index (χ2n) is 8.38. The van der Waals surface area contributed by atoms with E-state index in [4.69, 9.17) is 9.47 Å². The monoisotopic (exact) mass is 462 g/mol. The van der Waals surface area contributed by atoms with Crippen molar-refractivity contribution in [3.63, 3.8) is 0 Å². The van der Waals surface area contributed by atoms with Crippen LogP contribution in [0.25, 0.3) is 0 Å². The number of benzene rings is 2. The number of rotatable bonds is 7. The van der Waals surface area contributed by atoms with E-state index in [1.54, 1.807) is 0 Å². The van der Waals surface area contributed by atoms with Crippen LogP contribution >= 0.6 is 0 Å². The predicted molar refractivity (Wildman–Crippen MR) is 127 cm³/mol. The van der Waals surface area contributed by atoms with Crippen LogP contribution in [0.4, 0.5) is 17.3 Å². The van der Waals surface area contributed by atoms with Crippen molar-refractivity contribution >= 4 is 17.3 Å². The molecule has 1 atom stereocenters. The van der Waals surface area contributed by atoms with Gasteiger partial charge in [0.05, 0.1) is 11.0 Å². The molecule has 176 valence electrons. The van der Waals surface area contributed by atoms with Crippen molar-refractivity contribution in [2.75, 3.05) is 43.2 Å². The lowest BCUT2D eigenvalue weighted by molar-refractivity contribution is -0.383. The first kappa shape index (κ1) is 21.9. The Kier molecular flexibility index (Phi) is 6.13. The third-order valence-electron chi connectivity index (χ3n) is 6.15. The summed E-state index contributed by atoms with van der Waals surface area (Å²) in [7, 11) is 0. The second kappa shape index (κ2) is 9.52. The third kappa shape index (κ3) is 4.58. The van der Waals surface area contributed by atoms with E-state index in [1.807, 2.05) is 60.4 Å². The minimum absolute atomic E-state index is 0.0884. The lowest BCUT2D eigenvalue weighted by Crippen LogP contribution is -2.46. The molecule has 1 fully saturated rings. The van der Waals surface area contributed by atoms with Crippen LogP contribution < -0.4 is 19.7 Å². The minimum atomic E-state index is -0.394. The fourth-order valence-electron chi connectivity index (χ4n) is 4.32. The Hall–Kier alpha value is -3.92. The molecule has 2 aliphatic rings. The molecule has 5 rings (SSSR count). The highest BCUT2D eigenvalue weighted by atomic mass is 16.7. The molecule has 0 saturated carbocycles. The number of hydrogen-bond donors (Lipinski definition) is 1. The van der Waals surface area contributed by atoms with Gasteiger partial charge in [0.25, 0.3) is 0 Å². The molecular formula is C24H26N6O4. The van der Waals surface area contributed by atoms with Gasteiger partial charge in [-0.05, 0) is 30.2 Å². The smallest absolute Gasteiger partial charge is 0.353 e. The van der Waals surface area contributed by atoms with Gasteiger partial charge in [-0.1, -0.05) is 36.4 Å². The Bertz CT molecular complexity index is 1170. The summed E-state index contributed by atoms with van der Waals surface area (Å²) in [6.07, 6.45) is 1.39. The summed E-state index contributed by atoms with van der Waals surface area (Å²) < 4.78 is 10.9. The van der Waals surface area contributed by atoms with Crippen LogP contribution in [-0.2, 0) is 6.54 Å². The molecule has 1 unspecified atom stereocenters. The molecule has 1 saturated heterocycles. The van der Waals surface area contributed by atoms with Crippen molar-refractivity contribution in [3.8, 4) is 11.5 Å². The van der Waals surface area contributed by atoms with E-state index in [2.05, 4.69) is 20.2 Å². The van der Waals surface area contributed by atoms with Gasteiger partial charge in [0.15, 0.2) is 11.5 Å². The maximum atomic E-state index is 12.0. The summed E-state index contributed by atoms with van der Waals surface area (Å²) >= 11 is 0. The van der Waals surface area contributed by atoms with Crippen LogP contribution in [0.1, 0.15) is 24.1 Å². The molecule has 0 amide bonds. The second-order valence-corrected chi connectivity index (χ2v) is 8.38. The van der Waals surface area contributed by atoms with Gasteiger partial charge in [0.2, 0.25) is 18.4 Å². The number of fused-ring (bicyclic) bond motifs is 1. The van der Waals surface area contributed by atoms with Crippen molar-refractivity contribution in [1.29, 1.82) is 0 Å². The fourth-order valence-corrected chi connectivity index (χ4v) is 4.32. The maximum Gasteiger partial charge on any atom is 0.353 e. The molecule has 1 N–H and O–H groups in total. The largest absolute Gasteiger partial charge is 0.454 e. The van der Waals surface area contributed by atoms with E-state index in [1.165, 1.54) is 6.33 Å². The van der Waals surface area contributed by atoms with E-state index in [0.29, 0.717) is 18.9 Å². The molecular weight excluding hydrogens is 436 g/mol. The number of hydrogen-bond acceptors (Lipinski definition) is 9. The molecule has 0 aliphatic carbocycles. The summed E-state index contributed by atoms with van der Waals surface area (Å²) in [5, 5.41) is 15.2. The maximum absolute atomic E-state index is 12.0. The van der Waals surface area contributed by atoms with Gasteiger partial charge in [-0.25, -0.2) is 9.97 Å². The lowest BCUT2D eigenvalue weighted by Gasteiger charge is -2.35. The SMILES string of the molecule is CC(Nc1ncnc(N2CCN(Cc3ccc4c(c3)OCO4)CC2)c1[N+](=O)[O-])c1ccccc1. The summed E-state index contributed by atoms with van der Waals surface area (Å²) in [5.41, 5.74) is 2.08. The van der Waals surface area contributed by atoms with Crippen LogP contribution in [0.5, 0.6) is 11.5 Å². The van der Waals surface area contributed by atoms with E-state index >= 15 is 0 Å². The standard InChI is InChI=1S/C24H26N6O4/c1-17(19-5-3-2-4-6-19)27-23-22(30(31)32)24(26-15-25-23)29-11-9-28(10-12-29)14-18-7-8-20-21(13-18)34-16-33-20/h2-8,13,15,17H,9-12,14,16H2,1H3,(H,25,26,27). The van der Waals surface area contributed by atoms with Gasteiger partial charge in [0.1, 0.15) is 6.33 Å². The van der Waals surface area contributed by atoms with Crippen molar-refractivity contribution < 1.29 is 14.4 Å². The van der Waals surface area contributed by atoms with Crippen molar-refractivity contribution in [2.24, 2.45) is 0 Å². The normalized spacial score (nSPS) is 16.3. The number of nitrogens with one attached hydrogen (secondary N) is 1. The Morgan fingerprint density at radius 3 is 2.59 bits per heavy atom. The highest BCUT2D eigenvalue weighted by molar-refractivity contribution is 5.70. The van der Waals surface area contributed by atoms with Crippen LogP contribution in [0.2, 0.25) is 0 Å². The molecule has 10 nitrogen and oxygen atoms in total. The van der Waals surface area contributed by atoms with E-state index in [-0.39, 0.29) is 24.3 Å². The van der Waals surface area contributed by atoms with Gasteiger partial charge >= 0.3 is 5.69 Å². The first-order valence-corrected chi connectivity index (χ1v) is 11.2. The molecule has 2 aromatic carbocycles. The number of aromatic nitrogens is 2. The molecule has 1 aromatic heterocycles. The van der Waals surface area contributed by atoms with E-state index < -0.39 is 4.92 Å². The molecule has 0 radical (unpaired) electrons. The van der Waals surface area contributed by atoms with Crippen molar-refractivity contribution in [1.82, 2.24) is 14.9 Å². The third-order valence-corrected chi connectivity index (χ3v) is 6.15. The van der Waals surface area contributed by atoms with Crippen molar-refractivity contribution in [2.45, 2.75) is 19.5 Å². The Labute approximate surface area is 197 Å². The number of anilines is 2. The summed E-state index contributed by atoms with van der Waals surface area (Å²) in [6, 6.07) is 15.6.